The van der Waals surface area contributed by atoms with Crippen molar-refractivity contribution in [3.63, 3.8) is 0 Å². The third-order valence-electron chi connectivity index (χ3n) is 3.58. The highest BCUT2D eigenvalue weighted by atomic mass is 19.3. The van der Waals surface area contributed by atoms with Gasteiger partial charge in [0.15, 0.2) is 0 Å². The molecule has 1 saturated heterocycles. The van der Waals surface area contributed by atoms with Crippen LogP contribution in [0.4, 0.5) is 8.78 Å². The Morgan fingerprint density at radius 1 is 1.39 bits per heavy atom. The average Bonchev–Trinajstić information content (AvgIpc) is 2.28. The van der Waals surface area contributed by atoms with Crippen molar-refractivity contribution in [1.29, 1.82) is 0 Å². The van der Waals surface area contributed by atoms with Crippen LogP contribution >= 0.6 is 0 Å². The third kappa shape index (κ3) is 2.47. The van der Waals surface area contributed by atoms with E-state index in [0.717, 1.165) is 4.90 Å². The standard InChI is InChI=1S/C12H20F2N2O2/c1-5-12(4)11(18)15-9(7(2)3)10(17)16(12)6-8(13)14/h7-9H,5-6H2,1-4H3,(H,15,18). The van der Waals surface area contributed by atoms with Crippen LogP contribution in [-0.4, -0.2) is 41.3 Å². The fourth-order valence-electron chi connectivity index (χ4n) is 2.12. The second-order valence-electron chi connectivity index (χ2n) is 5.16. The smallest absolute Gasteiger partial charge is 0.255 e. The Morgan fingerprint density at radius 2 is 1.94 bits per heavy atom. The number of halogens is 2. The second kappa shape index (κ2) is 5.20. The molecule has 18 heavy (non-hydrogen) atoms. The number of hydrogen-bond acceptors (Lipinski definition) is 2. The van der Waals surface area contributed by atoms with Crippen LogP contribution in [0.15, 0.2) is 0 Å². The van der Waals surface area contributed by atoms with Crippen LogP contribution < -0.4 is 5.32 Å². The average molecular weight is 262 g/mol. The van der Waals surface area contributed by atoms with Crippen LogP contribution in [0.5, 0.6) is 0 Å². The zero-order chi connectivity index (χ0) is 14.1. The van der Waals surface area contributed by atoms with E-state index in [1.165, 1.54) is 6.92 Å². The summed E-state index contributed by atoms with van der Waals surface area (Å²) in [6.07, 6.45) is -2.33. The highest BCUT2D eigenvalue weighted by Crippen LogP contribution is 2.27. The molecule has 0 spiro atoms. The largest absolute Gasteiger partial charge is 0.342 e. The molecule has 2 atom stereocenters. The molecule has 0 aromatic carbocycles. The van der Waals surface area contributed by atoms with E-state index in [-0.39, 0.29) is 11.8 Å². The first-order valence-corrected chi connectivity index (χ1v) is 6.14. The molecule has 1 fully saturated rings. The van der Waals surface area contributed by atoms with Crippen LogP contribution in [-0.2, 0) is 9.59 Å². The predicted molar refractivity (Wildman–Crippen MR) is 63.2 cm³/mol. The summed E-state index contributed by atoms with van der Waals surface area (Å²) in [6, 6.07) is -0.712. The molecule has 1 aliphatic rings. The molecule has 1 rings (SSSR count). The van der Waals surface area contributed by atoms with Crippen molar-refractivity contribution in [3.05, 3.63) is 0 Å². The molecule has 0 saturated carbocycles. The van der Waals surface area contributed by atoms with Gasteiger partial charge >= 0.3 is 0 Å². The summed E-state index contributed by atoms with van der Waals surface area (Å²) in [5.41, 5.74) is -1.18. The Hall–Kier alpha value is -1.20. The molecule has 2 amide bonds. The summed E-state index contributed by atoms with van der Waals surface area (Å²) in [5, 5.41) is 2.64. The summed E-state index contributed by atoms with van der Waals surface area (Å²) >= 11 is 0. The number of amides is 2. The van der Waals surface area contributed by atoms with Crippen LogP contribution in [0.3, 0.4) is 0 Å². The Labute approximate surface area is 106 Å². The Morgan fingerprint density at radius 3 is 2.33 bits per heavy atom. The lowest BCUT2D eigenvalue weighted by atomic mass is 9.88. The molecular weight excluding hydrogens is 242 g/mol. The summed E-state index contributed by atoms with van der Waals surface area (Å²) in [4.78, 5) is 25.3. The maximum atomic E-state index is 12.6. The molecule has 1 N–H and O–H groups in total. The van der Waals surface area contributed by atoms with Gasteiger partial charge in [-0.2, -0.15) is 0 Å². The number of piperazine rings is 1. The Kier molecular flexibility index (Phi) is 4.29. The summed E-state index contributed by atoms with van der Waals surface area (Å²) in [5.74, 6) is -0.902. The number of rotatable bonds is 4. The molecule has 104 valence electrons. The summed E-state index contributed by atoms with van der Waals surface area (Å²) < 4.78 is 25.2. The Balaban J connectivity index is 3.09. The van der Waals surface area contributed by atoms with E-state index in [9.17, 15) is 18.4 Å². The third-order valence-corrected chi connectivity index (χ3v) is 3.58. The lowest BCUT2D eigenvalue weighted by Gasteiger charge is -2.46. The van der Waals surface area contributed by atoms with Gasteiger partial charge in [0.2, 0.25) is 11.8 Å². The van der Waals surface area contributed by atoms with Crippen molar-refractivity contribution in [2.45, 2.75) is 52.1 Å². The van der Waals surface area contributed by atoms with Crippen molar-refractivity contribution < 1.29 is 18.4 Å². The number of carbonyl (C=O) groups is 2. The molecule has 4 nitrogen and oxygen atoms in total. The van der Waals surface area contributed by atoms with E-state index in [2.05, 4.69) is 5.32 Å². The topological polar surface area (TPSA) is 49.4 Å². The zero-order valence-electron chi connectivity index (χ0n) is 11.2. The first-order chi connectivity index (χ1) is 8.24. The van der Waals surface area contributed by atoms with Crippen molar-refractivity contribution in [2.24, 2.45) is 5.92 Å². The first-order valence-electron chi connectivity index (χ1n) is 6.14. The maximum absolute atomic E-state index is 12.6. The fourth-order valence-corrected chi connectivity index (χ4v) is 2.12. The first kappa shape index (κ1) is 14.9. The van der Waals surface area contributed by atoms with E-state index in [1.807, 2.05) is 0 Å². The van der Waals surface area contributed by atoms with Gasteiger partial charge in [-0.3, -0.25) is 9.59 Å². The van der Waals surface area contributed by atoms with Gasteiger partial charge in [0.05, 0.1) is 6.54 Å². The van der Waals surface area contributed by atoms with Gasteiger partial charge in [-0.05, 0) is 19.3 Å². The van der Waals surface area contributed by atoms with Crippen molar-refractivity contribution in [2.75, 3.05) is 6.54 Å². The lowest BCUT2D eigenvalue weighted by Crippen LogP contribution is -2.70. The predicted octanol–water partition coefficient (Wildman–Crippen LogP) is 1.40. The van der Waals surface area contributed by atoms with Gasteiger partial charge in [-0.25, -0.2) is 8.78 Å². The van der Waals surface area contributed by atoms with E-state index in [1.54, 1.807) is 20.8 Å². The highest BCUT2D eigenvalue weighted by molar-refractivity contribution is 5.99. The van der Waals surface area contributed by atoms with Crippen LogP contribution in [0, 0.1) is 5.92 Å². The van der Waals surface area contributed by atoms with Crippen molar-refractivity contribution >= 4 is 11.8 Å². The Bertz CT molecular complexity index is 347. The molecule has 0 bridgehead atoms. The monoisotopic (exact) mass is 262 g/mol. The van der Waals surface area contributed by atoms with E-state index < -0.39 is 30.5 Å². The van der Waals surface area contributed by atoms with Crippen LogP contribution in [0.25, 0.3) is 0 Å². The van der Waals surface area contributed by atoms with Gasteiger partial charge in [0.1, 0.15) is 11.6 Å². The zero-order valence-corrected chi connectivity index (χ0v) is 11.2. The number of alkyl halides is 2. The van der Waals surface area contributed by atoms with Crippen molar-refractivity contribution in [1.82, 2.24) is 10.2 Å². The van der Waals surface area contributed by atoms with E-state index in [4.69, 9.17) is 0 Å². The van der Waals surface area contributed by atoms with Crippen molar-refractivity contribution in [3.8, 4) is 0 Å². The number of carbonyl (C=O) groups excluding carboxylic acids is 2. The normalized spacial score (nSPS) is 29.1. The molecule has 1 aliphatic heterocycles. The molecule has 2 unspecified atom stereocenters. The summed E-state index contributed by atoms with van der Waals surface area (Å²) in [7, 11) is 0. The highest BCUT2D eigenvalue weighted by Gasteiger charge is 2.49. The number of nitrogens with zero attached hydrogens (tertiary/aromatic N) is 1. The van der Waals surface area contributed by atoms with Crippen LogP contribution in [0.2, 0.25) is 0 Å². The quantitative estimate of drug-likeness (QED) is 0.832. The number of hydrogen-bond donors (Lipinski definition) is 1. The molecule has 0 aromatic rings. The maximum Gasteiger partial charge on any atom is 0.255 e. The number of nitrogens with one attached hydrogen (secondary N) is 1. The van der Waals surface area contributed by atoms with Gasteiger partial charge in [-0.15, -0.1) is 0 Å². The van der Waals surface area contributed by atoms with Gasteiger partial charge in [0.25, 0.3) is 6.43 Å². The minimum atomic E-state index is -2.64. The van der Waals surface area contributed by atoms with Crippen LogP contribution in [0.1, 0.15) is 34.1 Å². The summed E-state index contributed by atoms with van der Waals surface area (Å²) in [6.45, 7) is 6.09. The van der Waals surface area contributed by atoms with Gasteiger partial charge in [-0.1, -0.05) is 20.8 Å². The van der Waals surface area contributed by atoms with Gasteiger partial charge in [0, 0.05) is 0 Å². The molecule has 1 heterocycles. The minimum Gasteiger partial charge on any atom is -0.342 e. The minimum absolute atomic E-state index is 0.122. The molecule has 0 aliphatic carbocycles. The fraction of sp³-hybridized carbons (Fsp3) is 0.833. The molecule has 0 radical (unpaired) electrons. The van der Waals surface area contributed by atoms with E-state index >= 15 is 0 Å². The van der Waals surface area contributed by atoms with Gasteiger partial charge < -0.3 is 10.2 Å². The second-order valence-corrected chi connectivity index (χ2v) is 5.16. The molecule has 6 heteroatoms. The molecule has 0 aromatic heterocycles. The van der Waals surface area contributed by atoms with E-state index in [0.29, 0.717) is 6.42 Å². The molecular formula is C12H20F2N2O2. The SMILES string of the molecule is CCC1(C)C(=O)NC(C(C)C)C(=O)N1CC(F)F. The lowest BCUT2D eigenvalue weighted by molar-refractivity contribution is -0.160.